The van der Waals surface area contributed by atoms with E-state index in [9.17, 15) is 17.6 Å². The molecule has 0 saturated carbocycles. The molecule has 5 nitrogen and oxygen atoms in total. The van der Waals surface area contributed by atoms with Crippen LogP contribution in [0, 0.1) is 18.6 Å². The number of rotatable bonds is 4. The smallest absolute Gasteiger partial charge is 0.257 e. The van der Waals surface area contributed by atoms with Crippen molar-refractivity contribution in [2.45, 2.75) is 13.3 Å². The predicted octanol–water partition coefficient (Wildman–Crippen LogP) is 4.27. The van der Waals surface area contributed by atoms with Crippen LogP contribution >= 0.6 is 0 Å². The van der Waals surface area contributed by atoms with Gasteiger partial charge in [-0.15, -0.1) is 10.2 Å². The van der Waals surface area contributed by atoms with E-state index in [1.165, 1.54) is 35.0 Å². The third-order valence-electron chi connectivity index (χ3n) is 4.13. The summed E-state index contributed by atoms with van der Waals surface area (Å²) in [6.07, 6.45) is -1.40. The molecule has 9 heteroatoms. The number of aryl methyl sites for hydroxylation is 1. The Morgan fingerprint density at radius 3 is 2.70 bits per heavy atom. The van der Waals surface area contributed by atoms with Crippen LogP contribution < -0.4 is 4.90 Å². The molecule has 0 bridgehead atoms. The van der Waals surface area contributed by atoms with Crippen LogP contribution in [0.2, 0.25) is 0 Å². The summed E-state index contributed by atoms with van der Waals surface area (Å²) in [5.74, 6) is -1.18. The Bertz CT molecular complexity index is 1120. The van der Waals surface area contributed by atoms with Gasteiger partial charge in [0.2, 0.25) is 0 Å². The first-order chi connectivity index (χ1) is 12.9. The molecule has 0 radical (unpaired) electrons. The minimum absolute atomic E-state index is 0.0207. The summed E-state index contributed by atoms with van der Waals surface area (Å²) in [6, 6.07) is 8.23. The second-order valence-electron chi connectivity index (χ2n) is 6.06. The van der Waals surface area contributed by atoms with Crippen LogP contribution in [0.3, 0.4) is 0 Å². The van der Waals surface area contributed by atoms with Crippen LogP contribution in [0.15, 0.2) is 42.7 Å². The molecule has 0 atom stereocenters. The maximum Gasteiger partial charge on any atom is 0.257 e. The summed E-state index contributed by atoms with van der Waals surface area (Å²) in [5.41, 5.74) is 1.05. The van der Waals surface area contributed by atoms with E-state index in [0.29, 0.717) is 11.1 Å². The summed E-state index contributed by atoms with van der Waals surface area (Å²) in [7, 11) is 0. The molecule has 0 saturated heterocycles. The van der Waals surface area contributed by atoms with Gasteiger partial charge >= 0.3 is 0 Å². The van der Waals surface area contributed by atoms with Crippen molar-refractivity contribution in [3.8, 4) is 0 Å². The second-order valence-corrected chi connectivity index (χ2v) is 6.06. The molecule has 0 amide bonds. The number of benzene rings is 2. The topological polar surface area (TPSA) is 46.3 Å². The van der Waals surface area contributed by atoms with Gasteiger partial charge in [0, 0.05) is 5.69 Å². The molecule has 2 heterocycles. The predicted molar refractivity (Wildman–Crippen MR) is 92.4 cm³/mol. The summed E-state index contributed by atoms with van der Waals surface area (Å²) < 4.78 is 56.7. The zero-order valence-corrected chi connectivity index (χ0v) is 14.1. The number of anilines is 2. The lowest BCUT2D eigenvalue weighted by molar-refractivity contribution is 0.158. The standard InChI is InChI=1S/C18H13F4N5/c1-10-5-11(19)7-12(6-10)26(8-15(21)22)17-16-13(20)3-2-4-14(16)27-9-23-25-18(27)24-17/h2-7,9,15H,8H2,1H3. The summed E-state index contributed by atoms with van der Waals surface area (Å²) in [4.78, 5) is 5.33. The minimum Gasteiger partial charge on any atom is -0.320 e. The highest BCUT2D eigenvalue weighted by atomic mass is 19.3. The van der Waals surface area contributed by atoms with Gasteiger partial charge < -0.3 is 4.90 Å². The molecular weight excluding hydrogens is 362 g/mol. The van der Waals surface area contributed by atoms with Crippen molar-refractivity contribution in [2.24, 2.45) is 0 Å². The van der Waals surface area contributed by atoms with Crippen molar-refractivity contribution in [3.05, 3.63) is 59.9 Å². The fraction of sp³-hybridized carbons (Fsp3) is 0.167. The Hall–Kier alpha value is -3.23. The van der Waals surface area contributed by atoms with Gasteiger partial charge in [0.1, 0.15) is 23.8 Å². The van der Waals surface area contributed by atoms with Crippen LogP contribution in [0.4, 0.5) is 29.1 Å². The number of fused-ring (bicyclic) bond motifs is 3. The van der Waals surface area contributed by atoms with Gasteiger partial charge in [-0.05, 0) is 42.8 Å². The lowest BCUT2D eigenvalue weighted by Gasteiger charge is -2.25. The number of alkyl halides is 2. The minimum atomic E-state index is -2.76. The molecule has 4 aromatic rings. The van der Waals surface area contributed by atoms with Gasteiger partial charge in [0.05, 0.1) is 17.4 Å². The highest BCUT2D eigenvalue weighted by molar-refractivity contribution is 5.94. The Morgan fingerprint density at radius 2 is 1.96 bits per heavy atom. The number of hydrogen-bond acceptors (Lipinski definition) is 4. The molecule has 27 heavy (non-hydrogen) atoms. The van der Waals surface area contributed by atoms with E-state index in [1.807, 2.05) is 0 Å². The average molecular weight is 375 g/mol. The molecule has 0 spiro atoms. The van der Waals surface area contributed by atoms with Crippen molar-refractivity contribution >= 4 is 28.2 Å². The van der Waals surface area contributed by atoms with Crippen LogP contribution in [-0.2, 0) is 0 Å². The normalized spacial score (nSPS) is 11.6. The molecule has 0 aliphatic rings. The molecule has 0 unspecified atom stereocenters. The fourth-order valence-electron chi connectivity index (χ4n) is 3.08. The van der Waals surface area contributed by atoms with Crippen molar-refractivity contribution in [1.29, 1.82) is 0 Å². The van der Waals surface area contributed by atoms with Gasteiger partial charge in [-0.1, -0.05) is 6.07 Å². The zero-order valence-electron chi connectivity index (χ0n) is 14.1. The largest absolute Gasteiger partial charge is 0.320 e. The molecule has 0 N–H and O–H groups in total. The highest BCUT2D eigenvalue weighted by Gasteiger charge is 2.23. The number of halogens is 4. The molecule has 0 aliphatic carbocycles. The third kappa shape index (κ3) is 3.05. The van der Waals surface area contributed by atoms with Crippen LogP contribution in [0.1, 0.15) is 5.56 Å². The van der Waals surface area contributed by atoms with Crippen LogP contribution in [0.5, 0.6) is 0 Å². The highest BCUT2D eigenvalue weighted by Crippen LogP contribution is 2.34. The van der Waals surface area contributed by atoms with Crippen LogP contribution in [0.25, 0.3) is 16.7 Å². The van der Waals surface area contributed by atoms with Crippen molar-refractivity contribution in [1.82, 2.24) is 19.6 Å². The van der Waals surface area contributed by atoms with Crippen molar-refractivity contribution < 1.29 is 17.6 Å². The first-order valence-electron chi connectivity index (χ1n) is 8.05. The van der Waals surface area contributed by atoms with E-state index in [2.05, 4.69) is 15.2 Å². The maximum absolute atomic E-state index is 14.7. The van der Waals surface area contributed by atoms with Gasteiger partial charge in [0.15, 0.2) is 0 Å². The lowest BCUT2D eigenvalue weighted by Crippen LogP contribution is -2.26. The second kappa shape index (κ2) is 6.49. The fourth-order valence-corrected chi connectivity index (χ4v) is 3.08. The first-order valence-corrected chi connectivity index (χ1v) is 8.05. The van der Waals surface area contributed by atoms with Gasteiger partial charge in [0.25, 0.3) is 12.2 Å². The first kappa shape index (κ1) is 17.2. The average Bonchev–Trinajstić information content (AvgIpc) is 3.07. The molecule has 138 valence electrons. The number of aromatic nitrogens is 4. The Kier molecular flexibility index (Phi) is 4.14. The van der Waals surface area contributed by atoms with E-state index in [-0.39, 0.29) is 22.7 Å². The SMILES string of the molecule is Cc1cc(F)cc(N(CC(F)F)c2nc3nncn3c3cccc(F)c23)c1. The molecule has 0 aliphatic heterocycles. The van der Waals surface area contributed by atoms with E-state index >= 15 is 0 Å². The molecular formula is C18H13F4N5. The summed E-state index contributed by atoms with van der Waals surface area (Å²) >= 11 is 0. The summed E-state index contributed by atoms with van der Waals surface area (Å²) in [5, 5.41) is 7.61. The van der Waals surface area contributed by atoms with Gasteiger partial charge in [-0.3, -0.25) is 4.40 Å². The molecule has 2 aromatic heterocycles. The van der Waals surface area contributed by atoms with E-state index in [4.69, 9.17) is 0 Å². The molecule has 2 aromatic carbocycles. The number of hydrogen-bond donors (Lipinski definition) is 0. The number of nitrogens with zero attached hydrogens (tertiary/aromatic N) is 5. The Morgan fingerprint density at radius 1 is 1.15 bits per heavy atom. The van der Waals surface area contributed by atoms with Gasteiger partial charge in [-0.2, -0.15) is 4.98 Å². The van der Waals surface area contributed by atoms with Crippen molar-refractivity contribution in [3.63, 3.8) is 0 Å². The van der Waals surface area contributed by atoms with E-state index in [0.717, 1.165) is 11.0 Å². The van der Waals surface area contributed by atoms with Gasteiger partial charge in [-0.25, -0.2) is 17.6 Å². The monoisotopic (exact) mass is 375 g/mol. The molecule has 0 fully saturated rings. The maximum atomic E-state index is 14.7. The quantitative estimate of drug-likeness (QED) is 0.500. The summed E-state index contributed by atoms with van der Waals surface area (Å²) in [6.45, 7) is 0.852. The van der Waals surface area contributed by atoms with Crippen LogP contribution in [-0.4, -0.2) is 32.6 Å². The van der Waals surface area contributed by atoms with Crippen molar-refractivity contribution in [2.75, 3.05) is 11.4 Å². The van der Waals surface area contributed by atoms with E-state index < -0.39 is 24.6 Å². The van der Waals surface area contributed by atoms with E-state index in [1.54, 1.807) is 13.0 Å². The zero-order chi connectivity index (χ0) is 19.1. The third-order valence-corrected chi connectivity index (χ3v) is 4.13. The Labute approximate surface area is 150 Å². The Balaban J connectivity index is 2.05. The lowest BCUT2D eigenvalue weighted by atomic mass is 10.1. The molecule has 4 rings (SSSR count).